The molecule has 0 bridgehead atoms. The third-order valence-corrected chi connectivity index (χ3v) is 4.53. The third-order valence-electron chi connectivity index (χ3n) is 2.14. The normalized spacial score (nSPS) is 14.6. The topological polar surface area (TPSA) is 48.3 Å². The lowest BCUT2D eigenvalue weighted by Gasteiger charge is -2.17. The Labute approximate surface area is 108 Å². The van der Waals surface area contributed by atoms with E-state index in [0.29, 0.717) is 0 Å². The van der Waals surface area contributed by atoms with Gasteiger partial charge in [-0.15, -0.1) is 11.3 Å². The minimum absolute atomic E-state index is 0.311. The molecule has 1 unspecified atom stereocenters. The zero-order valence-corrected chi connectivity index (χ0v) is 11.6. The van der Waals surface area contributed by atoms with Crippen molar-refractivity contribution in [2.45, 2.75) is 25.5 Å². The lowest BCUT2D eigenvalue weighted by atomic mass is 10.3. The van der Waals surface area contributed by atoms with Crippen LogP contribution in [0.5, 0.6) is 0 Å². The second-order valence-electron chi connectivity index (χ2n) is 4.66. The number of rotatable bonds is 2. The Bertz CT molecular complexity index is 510. The third kappa shape index (κ3) is 3.06. The molecule has 0 N–H and O–H groups in total. The van der Waals surface area contributed by atoms with Crippen LogP contribution in [0.2, 0.25) is 0 Å². The zero-order chi connectivity index (χ0) is 12.5. The van der Waals surface area contributed by atoms with Gasteiger partial charge in [-0.05, 0) is 32.9 Å². The molecule has 17 heavy (non-hydrogen) atoms. The van der Waals surface area contributed by atoms with Crippen molar-refractivity contribution in [1.82, 2.24) is 4.98 Å². The van der Waals surface area contributed by atoms with Gasteiger partial charge in [-0.3, -0.25) is 4.98 Å². The fourth-order valence-corrected chi connectivity index (χ4v) is 2.72. The van der Waals surface area contributed by atoms with Crippen LogP contribution in [-0.2, 0) is 11.4 Å². The average Bonchev–Trinajstić information content (AvgIpc) is 2.66. The molecule has 0 aliphatic carbocycles. The summed E-state index contributed by atoms with van der Waals surface area (Å²) in [6.07, 6.45) is 5.28. The summed E-state index contributed by atoms with van der Waals surface area (Å²) in [5, 5.41) is 1.10. The van der Waals surface area contributed by atoms with Crippen LogP contribution >= 0.6 is 11.3 Å². The monoisotopic (exact) mass is 266 g/mol. The van der Waals surface area contributed by atoms with E-state index in [2.05, 4.69) is 9.38 Å². The van der Waals surface area contributed by atoms with Crippen molar-refractivity contribution in [3.8, 4) is 0 Å². The molecule has 2 aromatic rings. The summed E-state index contributed by atoms with van der Waals surface area (Å²) in [5.41, 5.74) is 0. The highest BCUT2D eigenvalue weighted by Gasteiger charge is 2.25. The predicted molar refractivity (Wildman–Crippen MR) is 75.1 cm³/mol. The molecule has 0 aromatic carbocycles. The molecule has 2 heterocycles. The molecule has 0 spiro atoms. The largest absolute Gasteiger partial charge is 0.591 e. The SMILES string of the molecule is CC(C)(C)[S+]([O-])/N=C/c1cc2cnccc2s1. The van der Waals surface area contributed by atoms with Crippen LogP contribution in [0.4, 0.5) is 0 Å². The number of fused-ring (bicyclic) bond motifs is 1. The fourth-order valence-electron chi connectivity index (χ4n) is 1.23. The van der Waals surface area contributed by atoms with Gasteiger partial charge >= 0.3 is 0 Å². The molecule has 0 aliphatic rings. The van der Waals surface area contributed by atoms with Gasteiger partial charge in [0.05, 0.1) is 11.1 Å². The van der Waals surface area contributed by atoms with E-state index in [4.69, 9.17) is 0 Å². The van der Waals surface area contributed by atoms with Crippen molar-refractivity contribution in [3.05, 3.63) is 29.4 Å². The van der Waals surface area contributed by atoms with E-state index in [9.17, 15) is 4.55 Å². The second-order valence-corrected chi connectivity index (χ2v) is 7.71. The van der Waals surface area contributed by atoms with Gasteiger partial charge in [-0.25, -0.2) is 0 Å². The van der Waals surface area contributed by atoms with Gasteiger partial charge in [-0.1, -0.05) is 4.40 Å². The first kappa shape index (κ1) is 12.5. The molecular weight excluding hydrogens is 252 g/mol. The molecule has 2 aromatic heterocycles. The minimum Gasteiger partial charge on any atom is -0.591 e. The van der Waals surface area contributed by atoms with Crippen LogP contribution in [0.3, 0.4) is 0 Å². The number of thiophene rings is 1. The van der Waals surface area contributed by atoms with E-state index in [-0.39, 0.29) is 4.75 Å². The lowest BCUT2D eigenvalue weighted by molar-refractivity contribution is 0.562. The maximum atomic E-state index is 11.8. The molecule has 0 amide bonds. The highest BCUT2D eigenvalue weighted by molar-refractivity contribution is 7.91. The Hall–Kier alpha value is -0.910. The molecule has 90 valence electrons. The quantitative estimate of drug-likeness (QED) is 0.619. The van der Waals surface area contributed by atoms with Crippen LogP contribution in [-0.4, -0.2) is 20.5 Å². The van der Waals surface area contributed by atoms with E-state index < -0.39 is 11.4 Å². The van der Waals surface area contributed by atoms with Gasteiger partial charge in [0.25, 0.3) is 0 Å². The smallest absolute Gasteiger partial charge is 0.144 e. The summed E-state index contributed by atoms with van der Waals surface area (Å²) < 4.78 is 16.7. The Morgan fingerprint density at radius 1 is 1.47 bits per heavy atom. The van der Waals surface area contributed by atoms with E-state index >= 15 is 0 Å². The number of nitrogens with zero attached hydrogens (tertiary/aromatic N) is 2. The molecule has 0 saturated heterocycles. The molecule has 3 nitrogen and oxygen atoms in total. The zero-order valence-electron chi connectivity index (χ0n) is 10.0. The first-order chi connectivity index (χ1) is 7.97. The highest BCUT2D eigenvalue weighted by Crippen LogP contribution is 2.24. The fraction of sp³-hybridized carbons (Fsp3) is 0.333. The number of pyridine rings is 1. The van der Waals surface area contributed by atoms with Crippen molar-refractivity contribution >= 4 is 39.0 Å². The molecule has 0 aliphatic heterocycles. The van der Waals surface area contributed by atoms with Crippen LogP contribution in [0.15, 0.2) is 28.9 Å². The molecule has 2 rings (SSSR count). The van der Waals surface area contributed by atoms with E-state index in [0.717, 1.165) is 10.3 Å². The summed E-state index contributed by atoms with van der Waals surface area (Å²) in [6, 6.07) is 3.98. The Morgan fingerprint density at radius 2 is 2.24 bits per heavy atom. The van der Waals surface area contributed by atoms with Gasteiger partial charge < -0.3 is 4.55 Å². The molecule has 1 atom stereocenters. The molecule has 5 heteroatoms. The van der Waals surface area contributed by atoms with Gasteiger partial charge in [0, 0.05) is 22.5 Å². The van der Waals surface area contributed by atoms with Crippen LogP contribution in [0.1, 0.15) is 25.6 Å². The van der Waals surface area contributed by atoms with Crippen LogP contribution < -0.4 is 0 Å². The van der Waals surface area contributed by atoms with Gasteiger partial charge in [0.15, 0.2) is 0 Å². The predicted octanol–water partition coefficient (Wildman–Crippen LogP) is 3.18. The van der Waals surface area contributed by atoms with Crippen LogP contribution in [0, 0.1) is 0 Å². The molecule has 0 saturated carbocycles. The van der Waals surface area contributed by atoms with Crippen molar-refractivity contribution in [2.24, 2.45) is 4.40 Å². The number of hydrogen-bond acceptors (Lipinski definition) is 4. The minimum atomic E-state index is -1.20. The van der Waals surface area contributed by atoms with Gasteiger partial charge in [-0.2, -0.15) is 0 Å². The van der Waals surface area contributed by atoms with E-state index in [1.807, 2.05) is 39.1 Å². The van der Waals surface area contributed by atoms with Crippen LogP contribution in [0.25, 0.3) is 10.1 Å². The first-order valence-electron chi connectivity index (χ1n) is 5.26. The number of aromatic nitrogens is 1. The highest BCUT2D eigenvalue weighted by atomic mass is 32.2. The van der Waals surface area contributed by atoms with Crippen molar-refractivity contribution in [1.29, 1.82) is 0 Å². The second kappa shape index (κ2) is 4.76. The molecular formula is C12H14N2OS2. The van der Waals surface area contributed by atoms with E-state index in [1.54, 1.807) is 23.7 Å². The van der Waals surface area contributed by atoms with Crippen molar-refractivity contribution in [3.63, 3.8) is 0 Å². The summed E-state index contributed by atoms with van der Waals surface area (Å²) >= 11 is 0.427. The van der Waals surface area contributed by atoms with Gasteiger partial charge in [0.1, 0.15) is 16.1 Å². The Morgan fingerprint density at radius 3 is 2.88 bits per heavy atom. The molecule has 0 fully saturated rings. The summed E-state index contributed by atoms with van der Waals surface area (Å²) in [4.78, 5) is 5.07. The Balaban J connectivity index is 2.21. The molecule has 0 radical (unpaired) electrons. The van der Waals surface area contributed by atoms with E-state index in [1.165, 1.54) is 4.70 Å². The van der Waals surface area contributed by atoms with Crippen molar-refractivity contribution in [2.75, 3.05) is 0 Å². The summed E-state index contributed by atoms with van der Waals surface area (Å²) in [6.45, 7) is 5.74. The maximum absolute atomic E-state index is 11.8. The lowest BCUT2D eigenvalue weighted by Crippen LogP contribution is -2.25. The summed E-state index contributed by atoms with van der Waals surface area (Å²) in [5.74, 6) is 0. The number of hydrogen-bond donors (Lipinski definition) is 0. The van der Waals surface area contributed by atoms with Gasteiger partial charge in [0.2, 0.25) is 0 Å². The maximum Gasteiger partial charge on any atom is 0.144 e. The summed E-state index contributed by atoms with van der Waals surface area (Å²) in [7, 11) is 0. The Kier molecular flexibility index (Phi) is 3.51. The standard InChI is InChI=1S/C12H14N2OS2/c1-12(2,3)17(15)14-8-10-6-9-7-13-5-4-11(9)16-10/h4-8H,1-3H3/b14-8+. The van der Waals surface area contributed by atoms with Crippen molar-refractivity contribution < 1.29 is 4.55 Å². The first-order valence-corrected chi connectivity index (χ1v) is 7.19. The average molecular weight is 266 g/mol.